The van der Waals surface area contributed by atoms with E-state index >= 15 is 0 Å². The minimum Gasteiger partial charge on any atom is -0.462 e. The van der Waals surface area contributed by atoms with Crippen molar-refractivity contribution < 1.29 is 19.1 Å². The molecule has 6 heteroatoms. The fraction of sp³-hybridized carbons (Fsp3) is 0.517. The van der Waals surface area contributed by atoms with E-state index < -0.39 is 6.10 Å². The Labute approximate surface area is 210 Å². The predicted molar refractivity (Wildman–Crippen MR) is 140 cm³/mol. The maximum absolute atomic E-state index is 13.6. The van der Waals surface area contributed by atoms with Gasteiger partial charge >= 0.3 is 5.97 Å². The molecule has 1 amide bonds. The summed E-state index contributed by atoms with van der Waals surface area (Å²) in [6, 6.07) is 15.2. The van der Waals surface area contributed by atoms with Crippen molar-refractivity contribution in [3.05, 3.63) is 65.2 Å². The molecular formula is C29H40N2O4. The summed E-state index contributed by atoms with van der Waals surface area (Å²) in [4.78, 5) is 28.0. The average Bonchev–Trinajstić information content (AvgIpc) is 2.87. The second-order valence-corrected chi connectivity index (χ2v) is 9.48. The molecule has 0 radical (unpaired) electrons. The van der Waals surface area contributed by atoms with E-state index in [0.717, 1.165) is 25.1 Å². The molecule has 0 spiro atoms. The SMILES string of the molecule is CCOC(=O)c1ccc(C(OCC)C(=O)N[C@@H](CC(C)C)c2ccccc2N2CCCCC2)cc1. The number of carbonyl (C=O) groups excluding carboxylic acids is 2. The van der Waals surface area contributed by atoms with Crippen molar-refractivity contribution in [2.75, 3.05) is 31.2 Å². The Bertz CT molecular complexity index is 951. The van der Waals surface area contributed by atoms with Gasteiger partial charge < -0.3 is 19.7 Å². The van der Waals surface area contributed by atoms with E-state index in [2.05, 4.69) is 48.3 Å². The van der Waals surface area contributed by atoms with Gasteiger partial charge in [-0.25, -0.2) is 4.79 Å². The molecule has 6 nitrogen and oxygen atoms in total. The molecule has 0 bridgehead atoms. The third-order valence-electron chi connectivity index (χ3n) is 6.33. The summed E-state index contributed by atoms with van der Waals surface area (Å²) in [7, 11) is 0. The molecule has 0 aromatic heterocycles. The Morgan fingerprint density at radius 2 is 1.63 bits per heavy atom. The van der Waals surface area contributed by atoms with E-state index in [-0.39, 0.29) is 17.9 Å². The number of hydrogen-bond donors (Lipinski definition) is 1. The Balaban J connectivity index is 1.84. The molecule has 2 atom stereocenters. The van der Waals surface area contributed by atoms with E-state index in [4.69, 9.17) is 9.47 Å². The van der Waals surface area contributed by atoms with Gasteiger partial charge in [-0.15, -0.1) is 0 Å². The summed E-state index contributed by atoms with van der Waals surface area (Å²) in [5, 5.41) is 3.30. The zero-order valence-corrected chi connectivity index (χ0v) is 21.6. The van der Waals surface area contributed by atoms with Crippen molar-refractivity contribution in [2.24, 2.45) is 5.92 Å². The molecule has 0 saturated carbocycles. The second-order valence-electron chi connectivity index (χ2n) is 9.48. The van der Waals surface area contributed by atoms with Gasteiger partial charge in [-0.1, -0.05) is 44.2 Å². The Morgan fingerprint density at radius 1 is 0.943 bits per heavy atom. The van der Waals surface area contributed by atoms with Crippen LogP contribution in [-0.2, 0) is 14.3 Å². The highest BCUT2D eigenvalue weighted by molar-refractivity contribution is 5.90. The number of carbonyl (C=O) groups is 2. The molecule has 1 aliphatic rings. The van der Waals surface area contributed by atoms with Crippen LogP contribution in [0.3, 0.4) is 0 Å². The average molecular weight is 481 g/mol. The van der Waals surface area contributed by atoms with E-state index in [1.165, 1.54) is 24.9 Å². The van der Waals surface area contributed by atoms with Gasteiger partial charge in [-0.3, -0.25) is 4.79 Å². The number of benzene rings is 2. The second kappa shape index (κ2) is 13.3. The smallest absolute Gasteiger partial charge is 0.338 e. The first kappa shape index (κ1) is 26.7. The quantitative estimate of drug-likeness (QED) is 0.410. The van der Waals surface area contributed by atoms with Crippen molar-refractivity contribution in [1.82, 2.24) is 5.32 Å². The molecule has 0 aliphatic carbocycles. The first-order valence-corrected chi connectivity index (χ1v) is 13.0. The van der Waals surface area contributed by atoms with Gasteiger partial charge in [0.2, 0.25) is 0 Å². The molecular weight excluding hydrogens is 440 g/mol. The third kappa shape index (κ3) is 7.31. The molecule has 1 unspecified atom stereocenters. The highest BCUT2D eigenvalue weighted by atomic mass is 16.5. The highest BCUT2D eigenvalue weighted by Crippen LogP contribution is 2.33. The van der Waals surface area contributed by atoms with Gasteiger partial charge in [-0.05, 0) is 74.8 Å². The number of esters is 1. The maximum atomic E-state index is 13.6. The van der Waals surface area contributed by atoms with Crippen LogP contribution in [0.15, 0.2) is 48.5 Å². The molecule has 1 N–H and O–H groups in total. The van der Waals surface area contributed by atoms with Crippen LogP contribution < -0.4 is 10.2 Å². The lowest BCUT2D eigenvalue weighted by atomic mass is 9.94. The van der Waals surface area contributed by atoms with E-state index in [0.29, 0.717) is 30.3 Å². The summed E-state index contributed by atoms with van der Waals surface area (Å²) in [6.07, 6.45) is 3.74. The third-order valence-corrected chi connectivity index (χ3v) is 6.33. The van der Waals surface area contributed by atoms with E-state index in [1.54, 1.807) is 31.2 Å². The topological polar surface area (TPSA) is 67.9 Å². The monoisotopic (exact) mass is 480 g/mol. The number of rotatable bonds is 11. The summed E-state index contributed by atoms with van der Waals surface area (Å²) in [6.45, 7) is 10.8. The molecule has 190 valence electrons. The van der Waals surface area contributed by atoms with Crippen molar-refractivity contribution in [3.63, 3.8) is 0 Å². The number of hydrogen-bond acceptors (Lipinski definition) is 5. The minimum atomic E-state index is -0.756. The predicted octanol–water partition coefficient (Wildman–Crippen LogP) is 5.83. The van der Waals surface area contributed by atoms with Gasteiger partial charge in [0.25, 0.3) is 5.91 Å². The largest absolute Gasteiger partial charge is 0.462 e. The number of nitrogens with one attached hydrogen (secondary N) is 1. The number of nitrogens with zero attached hydrogens (tertiary/aromatic N) is 1. The van der Waals surface area contributed by atoms with Crippen LogP contribution in [0.4, 0.5) is 5.69 Å². The van der Waals surface area contributed by atoms with Crippen LogP contribution in [0.1, 0.15) is 87.0 Å². The summed E-state index contributed by atoms with van der Waals surface area (Å²) >= 11 is 0. The fourth-order valence-corrected chi connectivity index (χ4v) is 4.69. The van der Waals surface area contributed by atoms with Crippen LogP contribution in [-0.4, -0.2) is 38.2 Å². The van der Waals surface area contributed by atoms with E-state index in [1.807, 2.05) is 6.92 Å². The first-order chi connectivity index (χ1) is 16.9. The molecule has 3 rings (SSSR count). The number of ether oxygens (including phenoxy) is 2. The number of para-hydroxylation sites is 1. The molecule has 1 fully saturated rings. The summed E-state index contributed by atoms with van der Waals surface area (Å²) < 4.78 is 11.0. The standard InChI is InChI=1S/C29H40N2O4/c1-5-34-27(22-14-16-23(17-15-22)29(33)35-6-2)28(32)30-25(20-21(3)4)24-12-8-9-13-26(24)31-18-10-7-11-19-31/h8-9,12-17,21,25,27H,5-7,10-11,18-20H2,1-4H3,(H,30,32)/t25-,27?/m0/s1. The van der Waals surface area contributed by atoms with Crippen LogP contribution >= 0.6 is 0 Å². The fourth-order valence-electron chi connectivity index (χ4n) is 4.69. The van der Waals surface area contributed by atoms with Gasteiger partial charge in [-0.2, -0.15) is 0 Å². The van der Waals surface area contributed by atoms with E-state index in [9.17, 15) is 9.59 Å². The maximum Gasteiger partial charge on any atom is 0.338 e. The van der Waals surface area contributed by atoms with Crippen LogP contribution in [0.2, 0.25) is 0 Å². The Morgan fingerprint density at radius 3 is 2.26 bits per heavy atom. The Kier molecular flexibility index (Phi) is 10.2. The lowest BCUT2D eigenvalue weighted by Crippen LogP contribution is -2.36. The summed E-state index contributed by atoms with van der Waals surface area (Å²) in [5.41, 5.74) is 3.54. The van der Waals surface area contributed by atoms with Gasteiger partial charge in [0.15, 0.2) is 6.10 Å². The van der Waals surface area contributed by atoms with Crippen molar-refractivity contribution in [3.8, 4) is 0 Å². The number of anilines is 1. The summed E-state index contributed by atoms with van der Waals surface area (Å²) in [5.74, 6) is -0.137. The van der Waals surface area contributed by atoms with Crippen molar-refractivity contribution in [2.45, 2.75) is 65.5 Å². The molecule has 1 heterocycles. The number of amides is 1. The normalized spacial score (nSPS) is 15.5. The molecule has 1 aliphatic heterocycles. The van der Waals surface area contributed by atoms with Crippen LogP contribution in [0.25, 0.3) is 0 Å². The van der Waals surface area contributed by atoms with Crippen molar-refractivity contribution in [1.29, 1.82) is 0 Å². The zero-order chi connectivity index (χ0) is 25.2. The van der Waals surface area contributed by atoms with Crippen LogP contribution in [0, 0.1) is 5.92 Å². The zero-order valence-electron chi connectivity index (χ0n) is 21.6. The minimum absolute atomic E-state index is 0.123. The van der Waals surface area contributed by atoms with Gasteiger partial charge in [0.1, 0.15) is 0 Å². The van der Waals surface area contributed by atoms with Crippen molar-refractivity contribution >= 4 is 17.6 Å². The molecule has 2 aromatic carbocycles. The van der Waals surface area contributed by atoms with Gasteiger partial charge in [0, 0.05) is 25.4 Å². The molecule has 1 saturated heterocycles. The van der Waals surface area contributed by atoms with Gasteiger partial charge in [0.05, 0.1) is 18.2 Å². The molecule has 35 heavy (non-hydrogen) atoms. The number of piperidine rings is 1. The van der Waals surface area contributed by atoms with Crippen LogP contribution in [0.5, 0.6) is 0 Å². The Hall–Kier alpha value is -2.86. The lowest BCUT2D eigenvalue weighted by Gasteiger charge is -2.33. The first-order valence-electron chi connectivity index (χ1n) is 13.0. The highest BCUT2D eigenvalue weighted by Gasteiger charge is 2.27. The lowest BCUT2D eigenvalue weighted by molar-refractivity contribution is -0.134. The molecule has 2 aromatic rings.